The van der Waals surface area contributed by atoms with Crippen molar-refractivity contribution in [2.75, 3.05) is 64.4 Å². The average Bonchev–Trinajstić information content (AvgIpc) is 3.51. The van der Waals surface area contributed by atoms with Crippen molar-refractivity contribution in [1.82, 2.24) is 34.9 Å². The summed E-state index contributed by atoms with van der Waals surface area (Å²) in [5.74, 6) is -0.0359. The molecule has 2 fully saturated rings. The van der Waals surface area contributed by atoms with E-state index in [2.05, 4.69) is 33.6 Å². The molecule has 1 unspecified atom stereocenters. The quantitative estimate of drug-likeness (QED) is 0.200. The summed E-state index contributed by atoms with van der Waals surface area (Å²) in [7, 11) is 1.70. The number of pyridine rings is 1. The number of H-pyrrole nitrogens is 1. The van der Waals surface area contributed by atoms with Gasteiger partial charge >= 0.3 is 6.01 Å². The van der Waals surface area contributed by atoms with Crippen LogP contribution in [0.5, 0.6) is 17.6 Å². The van der Waals surface area contributed by atoms with Crippen LogP contribution in [0.25, 0.3) is 21.8 Å². The van der Waals surface area contributed by atoms with Crippen LogP contribution in [0.3, 0.4) is 0 Å². The number of amides is 1. The van der Waals surface area contributed by atoms with E-state index < -0.39 is 5.82 Å². The summed E-state index contributed by atoms with van der Waals surface area (Å²) in [5.41, 5.74) is 0.710. The van der Waals surface area contributed by atoms with Gasteiger partial charge in [-0.15, -0.1) is 0 Å². The van der Waals surface area contributed by atoms with E-state index in [1.165, 1.54) is 18.3 Å². The van der Waals surface area contributed by atoms with E-state index in [1.807, 2.05) is 4.90 Å². The van der Waals surface area contributed by atoms with Crippen LogP contribution < -0.4 is 14.4 Å². The number of ether oxygens (including phenoxy) is 3. The molecule has 0 bridgehead atoms. The Kier molecular flexibility index (Phi) is 9.22. The Balaban J connectivity index is 1.40. The summed E-state index contributed by atoms with van der Waals surface area (Å²) in [6.07, 6.45) is 3.45. The zero-order valence-corrected chi connectivity index (χ0v) is 26.4. The molecule has 1 N–H and O–H groups in total. The Morgan fingerprint density at radius 3 is 2.69 bits per heavy atom. The molecule has 6 rings (SSSR count). The second-order valence-electron chi connectivity index (χ2n) is 11.1. The normalized spacial score (nSPS) is 19.3. The molecule has 0 saturated carbocycles. The predicted molar refractivity (Wildman–Crippen MR) is 169 cm³/mol. The van der Waals surface area contributed by atoms with Gasteiger partial charge in [-0.2, -0.15) is 20.1 Å². The lowest BCUT2D eigenvalue weighted by Crippen LogP contribution is -2.48. The second kappa shape index (κ2) is 13.3. The average molecular weight is 660 g/mol. The van der Waals surface area contributed by atoms with Gasteiger partial charge in [-0.05, 0) is 18.6 Å². The highest BCUT2D eigenvalue weighted by molar-refractivity contribution is 6.33. The van der Waals surface area contributed by atoms with Gasteiger partial charge in [-0.25, -0.2) is 4.39 Å². The Bertz CT molecular complexity index is 1730. The molecule has 2 aliphatic heterocycles. The number of benzene rings is 1. The van der Waals surface area contributed by atoms with Crippen LogP contribution in [0.1, 0.15) is 13.3 Å². The van der Waals surface area contributed by atoms with E-state index in [1.54, 1.807) is 18.1 Å². The molecule has 0 aliphatic carbocycles. The molecule has 12 nitrogen and oxygen atoms in total. The molecular formula is C30H33Cl2FN8O4. The Morgan fingerprint density at radius 2 is 1.96 bits per heavy atom. The maximum Gasteiger partial charge on any atom is 0.319 e. The number of hydrogen-bond donors (Lipinski definition) is 1. The number of carbonyl (C=O) groups is 1. The molecule has 2 aliphatic rings. The van der Waals surface area contributed by atoms with Crippen molar-refractivity contribution in [3.8, 4) is 17.6 Å². The monoisotopic (exact) mass is 658 g/mol. The van der Waals surface area contributed by atoms with Crippen LogP contribution in [-0.4, -0.2) is 106 Å². The minimum Gasteiger partial charge on any atom is -0.460 e. The number of aromatic nitrogens is 5. The maximum atomic E-state index is 14.8. The number of halogens is 3. The summed E-state index contributed by atoms with van der Waals surface area (Å²) < 4.78 is 32.7. The molecule has 0 spiro atoms. The summed E-state index contributed by atoms with van der Waals surface area (Å²) in [6, 6.07) is 3.05. The molecule has 1 amide bonds. The molecule has 3 aromatic heterocycles. The molecule has 45 heavy (non-hydrogen) atoms. The maximum absolute atomic E-state index is 14.8. The van der Waals surface area contributed by atoms with Crippen LogP contribution in [0.15, 0.2) is 31.0 Å². The summed E-state index contributed by atoms with van der Waals surface area (Å²) in [5, 5.41) is 7.62. The Morgan fingerprint density at radius 1 is 1.16 bits per heavy atom. The van der Waals surface area contributed by atoms with Gasteiger partial charge in [-0.3, -0.25) is 9.89 Å². The van der Waals surface area contributed by atoms with Gasteiger partial charge in [-0.1, -0.05) is 36.7 Å². The van der Waals surface area contributed by atoms with Gasteiger partial charge in [0.1, 0.15) is 33.4 Å². The summed E-state index contributed by atoms with van der Waals surface area (Å²) in [6.45, 7) is 10.9. The number of hydrogen-bond acceptors (Lipinski definition) is 10. The molecule has 15 heteroatoms. The standard InChI is InChI=1S/C30H33Cl2FN8O4/c1-4-24(42)40-7-9-41(10-8-40)28-18-13-23(31)35-29(45-27-19-15-34-38-21(19)14-20(33)25(27)32)26(18)36-30(37-28)44-22-5-6-39(11-12-43-3)16-17(22)2/h4,13-15,17,22H,1,5-12,16H2,2-3H3,(H,34,38)/t17?,22-/m1/s1. The van der Waals surface area contributed by atoms with Crippen molar-refractivity contribution >= 4 is 56.7 Å². The smallest absolute Gasteiger partial charge is 0.319 e. The number of rotatable bonds is 9. The number of carbonyl (C=O) groups excluding carboxylic acids is 1. The van der Waals surface area contributed by atoms with Crippen molar-refractivity contribution in [3.63, 3.8) is 0 Å². The van der Waals surface area contributed by atoms with Gasteiger partial charge in [0.2, 0.25) is 11.8 Å². The number of anilines is 1. The van der Waals surface area contributed by atoms with Crippen LogP contribution >= 0.6 is 23.2 Å². The van der Waals surface area contributed by atoms with Crippen molar-refractivity contribution in [1.29, 1.82) is 0 Å². The van der Waals surface area contributed by atoms with Crippen LogP contribution in [-0.2, 0) is 9.53 Å². The molecular weight excluding hydrogens is 626 g/mol. The van der Waals surface area contributed by atoms with Crippen LogP contribution in [0.2, 0.25) is 10.2 Å². The van der Waals surface area contributed by atoms with Crippen molar-refractivity contribution < 1.29 is 23.4 Å². The number of piperazine rings is 1. The van der Waals surface area contributed by atoms with Gasteiger partial charge in [0.05, 0.1) is 29.1 Å². The van der Waals surface area contributed by atoms with Gasteiger partial charge in [0.25, 0.3) is 0 Å². The van der Waals surface area contributed by atoms with E-state index in [-0.39, 0.29) is 45.7 Å². The third-order valence-corrected chi connectivity index (χ3v) is 8.76. The lowest BCUT2D eigenvalue weighted by atomic mass is 9.96. The Hall–Kier alpha value is -3.78. The largest absolute Gasteiger partial charge is 0.460 e. The topological polar surface area (TPSA) is 122 Å². The number of nitrogens with zero attached hydrogens (tertiary/aromatic N) is 7. The number of methoxy groups -OCH3 is 1. The van der Waals surface area contributed by atoms with Crippen LogP contribution in [0, 0.1) is 11.7 Å². The van der Waals surface area contributed by atoms with Gasteiger partial charge in [0.15, 0.2) is 5.75 Å². The highest BCUT2D eigenvalue weighted by Crippen LogP contribution is 2.41. The fourth-order valence-electron chi connectivity index (χ4n) is 5.81. The first kappa shape index (κ1) is 31.2. The summed E-state index contributed by atoms with van der Waals surface area (Å²) in [4.78, 5) is 32.4. The zero-order chi connectivity index (χ0) is 31.7. The van der Waals surface area contributed by atoms with E-state index in [0.717, 1.165) is 26.1 Å². The number of nitrogens with one attached hydrogen (secondary N) is 1. The van der Waals surface area contributed by atoms with Crippen molar-refractivity contribution in [2.24, 2.45) is 5.92 Å². The van der Waals surface area contributed by atoms with Gasteiger partial charge < -0.3 is 28.9 Å². The molecule has 0 radical (unpaired) electrons. The lowest BCUT2D eigenvalue weighted by Gasteiger charge is -2.37. The highest BCUT2D eigenvalue weighted by atomic mass is 35.5. The van der Waals surface area contributed by atoms with Crippen molar-refractivity contribution in [3.05, 3.63) is 47.0 Å². The molecule has 5 heterocycles. The molecule has 1 aromatic carbocycles. The minimum atomic E-state index is -0.688. The SMILES string of the molecule is C=CC(=O)N1CCN(c2nc(O[C@@H]3CCN(CCOC)CC3C)nc3c(Oc4c(Cl)c(F)cc5[nH]ncc45)nc(Cl)cc23)CC1. The lowest BCUT2D eigenvalue weighted by molar-refractivity contribution is -0.126. The van der Waals surface area contributed by atoms with Crippen molar-refractivity contribution in [2.45, 2.75) is 19.4 Å². The second-order valence-corrected chi connectivity index (χ2v) is 11.9. The third-order valence-electron chi connectivity index (χ3n) is 8.22. The molecule has 2 atom stereocenters. The van der Waals surface area contributed by atoms with Gasteiger partial charge in [0, 0.05) is 64.9 Å². The third kappa shape index (κ3) is 6.48. The number of aromatic amines is 1. The summed E-state index contributed by atoms with van der Waals surface area (Å²) >= 11 is 12.9. The molecule has 238 valence electrons. The number of likely N-dealkylation sites (tertiary alicyclic amines) is 1. The van der Waals surface area contributed by atoms with E-state index in [9.17, 15) is 9.18 Å². The highest BCUT2D eigenvalue weighted by Gasteiger charge is 2.30. The van der Waals surface area contributed by atoms with Crippen LogP contribution in [0.4, 0.5) is 10.2 Å². The van der Waals surface area contributed by atoms with E-state index in [4.69, 9.17) is 47.4 Å². The fraction of sp³-hybridized carbons (Fsp3) is 0.433. The number of fused-ring (bicyclic) bond motifs is 2. The first-order valence-electron chi connectivity index (χ1n) is 14.7. The Labute approximate surface area is 269 Å². The fourth-order valence-corrected chi connectivity index (χ4v) is 6.19. The minimum absolute atomic E-state index is 0.00362. The zero-order valence-electron chi connectivity index (χ0n) is 24.9. The predicted octanol–water partition coefficient (Wildman–Crippen LogP) is 4.71. The first-order chi connectivity index (χ1) is 21.7. The molecule has 2 saturated heterocycles. The first-order valence-corrected chi connectivity index (χ1v) is 15.4. The van der Waals surface area contributed by atoms with E-state index in [0.29, 0.717) is 60.4 Å². The number of piperidine rings is 1. The molecule has 4 aromatic rings. The van der Waals surface area contributed by atoms with E-state index >= 15 is 0 Å².